The van der Waals surface area contributed by atoms with Crippen molar-refractivity contribution >= 4 is 81.4 Å². The highest BCUT2D eigenvalue weighted by Gasteiger charge is 2.22. The van der Waals surface area contributed by atoms with Gasteiger partial charge in [-0.2, -0.15) is 0 Å². The summed E-state index contributed by atoms with van der Waals surface area (Å²) in [6.07, 6.45) is 0. The molecule has 3 aromatic heterocycles. The summed E-state index contributed by atoms with van der Waals surface area (Å²) in [7, 11) is 0. The molecule has 0 aliphatic heterocycles. The number of furan rings is 1. The maximum Gasteiger partial charge on any atom is 0.264 e. The molecule has 11 rings (SSSR count). The third-order valence-corrected chi connectivity index (χ3v) is 10.1. The van der Waals surface area contributed by atoms with Crippen LogP contribution in [0.2, 0.25) is 0 Å². The first-order chi connectivity index (χ1) is 23.7. The zero-order chi connectivity index (χ0) is 31.5. The molecule has 222 valence electrons. The molecule has 0 N–H and O–H groups in total. The summed E-state index contributed by atoms with van der Waals surface area (Å²) in [5.41, 5.74) is 6.24. The van der Waals surface area contributed by atoms with Crippen LogP contribution in [0.5, 0.6) is 0 Å². The normalized spacial score (nSPS) is 12.2. The molecule has 0 aliphatic rings. The van der Waals surface area contributed by atoms with Gasteiger partial charge in [-0.3, -0.25) is 9.20 Å². The molecule has 4 heteroatoms. The van der Waals surface area contributed by atoms with E-state index in [0.29, 0.717) is 11.2 Å². The summed E-state index contributed by atoms with van der Waals surface area (Å²) < 4.78 is 8.22. The lowest BCUT2D eigenvalue weighted by molar-refractivity contribution is 0.669. The summed E-state index contributed by atoms with van der Waals surface area (Å²) in [6.45, 7) is 0. The van der Waals surface area contributed by atoms with Crippen molar-refractivity contribution in [3.05, 3.63) is 156 Å². The van der Waals surface area contributed by atoms with Crippen molar-refractivity contribution < 1.29 is 4.42 Å². The van der Waals surface area contributed by atoms with Crippen molar-refractivity contribution in [2.24, 2.45) is 0 Å². The molecule has 0 saturated carbocycles. The Morgan fingerprint density at radius 2 is 1.02 bits per heavy atom. The van der Waals surface area contributed by atoms with E-state index in [1.165, 1.54) is 32.3 Å². The summed E-state index contributed by atoms with van der Waals surface area (Å²) in [5.74, 6) is 0.625. The molecule has 0 fully saturated rings. The predicted molar refractivity (Wildman–Crippen MR) is 198 cm³/mol. The smallest absolute Gasteiger partial charge is 0.264 e. The fourth-order valence-electron chi connectivity index (χ4n) is 8.03. The second-order valence-corrected chi connectivity index (χ2v) is 12.6. The molecule has 11 aromatic rings. The van der Waals surface area contributed by atoms with Crippen LogP contribution in [-0.4, -0.2) is 9.38 Å². The van der Waals surface area contributed by atoms with Crippen LogP contribution in [0.15, 0.2) is 155 Å². The van der Waals surface area contributed by atoms with Crippen LogP contribution in [0.1, 0.15) is 0 Å². The van der Waals surface area contributed by atoms with Crippen LogP contribution in [-0.2, 0) is 0 Å². The molecule has 3 heterocycles. The molecule has 0 amide bonds. The highest BCUT2D eigenvalue weighted by atomic mass is 16.3. The summed E-state index contributed by atoms with van der Waals surface area (Å²) in [4.78, 5) is 19.2. The van der Waals surface area contributed by atoms with Gasteiger partial charge in [0.2, 0.25) is 0 Å². The highest BCUT2D eigenvalue weighted by molar-refractivity contribution is 6.26. The molecule has 48 heavy (non-hydrogen) atoms. The van der Waals surface area contributed by atoms with E-state index in [2.05, 4.69) is 97.1 Å². The summed E-state index contributed by atoms with van der Waals surface area (Å²) in [6, 6.07) is 50.4. The standard InChI is InChI=1S/C44H24N2O2/c47-44-34-14-6-5-13-31(34)33-15-7-17-38-42(33)46(44)43(45-38)35-16-8-18-40-41(35)37-24-26(20-22-39(37)48-40)25-19-21-32-29-11-2-1-9-27(29)28-10-3-4-12-30(28)36(32)23-25/h1-24H. The number of para-hydroxylation sites is 1. The van der Waals surface area contributed by atoms with E-state index in [-0.39, 0.29) is 5.56 Å². The minimum atomic E-state index is -0.0665. The number of rotatable bonds is 2. The number of benzene rings is 8. The van der Waals surface area contributed by atoms with Gasteiger partial charge in [-0.05, 0) is 85.2 Å². The van der Waals surface area contributed by atoms with Crippen LogP contribution in [0, 0.1) is 0 Å². The second kappa shape index (κ2) is 9.27. The number of nitrogens with zero attached hydrogens (tertiary/aromatic N) is 2. The monoisotopic (exact) mass is 612 g/mol. The van der Waals surface area contributed by atoms with Crippen molar-refractivity contribution in [3.8, 4) is 22.5 Å². The molecule has 0 radical (unpaired) electrons. The number of hydrogen-bond acceptors (Lipinski definition) is 3. The Kier molecular flexibility index (Phi) is 4.96. The SMILES string of the molecule is O=c1c2ccccc2c2cccc3nc(-c4cccc5oc6ccc(-c7ccc8c9ccccc9c9ccccc9c8c7)cc6c45)n1c32. The van der Waals surface area contributed by atoms with Crippen molar-refractivity contribution in [3.63, 3.8) is 0 Å². The van der Waals surface area contributed by atoms with E-state index in [4.69, 9.17) is 9.40 Å². The van der Waals surface area contributed by atoms with Gasteiger partial charge in [-0.15, -0.1) is 0 Å². The average molecular weight is 613 g/mol. The van der Waals surface area contributed by atoms with Crippen molar-refractivity contribution in [1.82, 2.24) is 9.38 Å². The fraction of sp³-hybridized carbons (Fsp3) is 0. The number of imidazole rings is 1. The Morgan fingerprint density at radius 3 is 1.75 bits per heavy atom. The first-order valence-electron chi connectivity index (χ1n) is 16.2. The average Bonchev–Trinajstić information content (AvgIpc) is 3.73. The highest BCUT2D eigenvalue weighted by Crippen LogP contribution is 2.41. The third-order valence-electron chi connectivity index (χ3n) is 10.1. The van der Waals surface area contributed by atoms with Gasteiger partial charge in [0, 0.05) is 27.1 Å². The first kappa shape index (κ1) is 25.6. The Labute approximate surface area is 273 Å². The summed E-state index contributed by atoms with van der Waals surface area (Å²) in [5, 5.41) is 12.1. The molecule has 0 unspecified atom stereocenters. The Bertz CT molecular complexity index is 3170. The molecule has 0 spiro atoms. The van der Waals surface area contributed by atoms with Gasteiger partial charge in [0.05, 0.1) is 11.0 Å². The molecule has 0 saturated heterocycles. The van der Waals surface area contributed by atoms with Gasteiger partial charge in [0.25, 0.3) is 5.56 Å². The van der Waals surface area contributed by atoms with Crippen LogP contribution < -0.4 is 5.56 Å². The zero-order valence-electron chi connectivity index (χ0n) is 25.6. The minimum Gasteiger partial charge on any atom is -0.456 e. The molecule has 4 nitrogen and oxygen atoms in total. The lowest BCUT2D eigenvalue weighted by Crippen LogP contribution is -2.14. The van der Waals surface area contributed by atoms with Crippen molar-refractivity contribution in [2.45, 2.75) is 0 Å². The largest absolute Gasteiger partial charge is 0.456 e. The van der Waals surface area contributed by atoms with Crippen LogP contribution in [0.3, 0.4) is 0 Å². The third kappa shape index (κ3) is 3.33. The van der Waals surface area contributed by atoms with E-state index in [1.807, 2.05) is 48.5 Å². The van der Waals surface area contributed by atoms with Gasteiger partial charge in [-0.1, -0.05) is 109 Å². The van der Waals surface area contributed by atoms with Gasteiger partial charge in [0.15, 0.2) is 0 Å². The van der Waals surface area contributed by atoms with E-state index in [9.17, 15) is 4.79 Å². The lowest BCUT2D eigenvalue weighted by Gasteiger charge is -2.12. The number of aromatic nitrogens is 2. The zero-order valence-corrected chi connectivity index (χ0v) is 25.6. The Balaban J connectivity index is 1.18. The number of hydrogen-bond donors (Lipinski definition) is 0. The van der Waals surface area contributed by atoms with E-state index < -0.39 is 0 Å². The Morgan fingerprint density at radius 1 is 0.458 bits per heavy atom. The molecule has 0 atom stereocenters. The van der Waals surface area contributed by atoms with E-state index >= 15 is 0 Å². The number of fused-ring (bicyclic) bond motifs is 11. The molecule has 8 aromatic carbocycles. The fourth-order valence-corrected chi connectivity index (χ4v) is 8.03. The van der Waals surface area contributed by atoms with Crippen LogP contribution in [0.4, 0.5) is 0 Å². The quantitative estimate of drug-likeness (QED) is 0.183. The Hall–Kier alpha value is -6.52. The topological polar surface area (TPSA) is 47.5 Å². The van der Waals surface area contributed by atoms with Crippen LogP contribution in [0.25, 0.3) is 104 Å². The van der Waals surface area contributed by atoms with Gasteiger partial charge in [-0.25, -0.2) is 4.98 Å². The molecule has 0 bridgehead atoms. The van der Waals surface area contributed by atoms with Crippen LogP contribution >= 0.6 is 0 Å². The summed E-state index contributed by atoms with van der Waals surface area (Å²) >= 11 is 0. The van der Waals surface area contributed by atoms with E-state index in [1.54, 1.807) is 4.40 Å². The van der Waals surface area contributed by atoms with Crippen molar-refractivity contribution in [1.29, 1.82) is 0 Å². The van der Waals surface area contributed by atoms with Gasteiger partial charge < -0.3 is 4.42 Å². The van der Waals surface area contributed by atoms with Crippen molar-refractivity contribution in [2.75, 3.05) is 0 Å². The first-order valence-corrected chi connectivity index (χ1v) is 16.2. The van der Waals surface area contributed by atoms with E-state index in [0.717, 1.165) is 60.4 Å². The molecule has 0 aliphatic carbocycles. The molecular weight excluding hydrogens is 588 g/mol. The minimum absolute atomic E-state index is 0.0665. The second-order valence-electron chi connectivity index (χ2n) is 12.6. The maximum absolute atomic E-state index is 14.1. The predicted octanol–water partition coefficient (Wildman–Crippen LogP) is 11.1. The molecular formula is C44H24N2O2. The van der Waals surface area contributed by atoms with Gasteiger partial charge in [0.1, 0.15) is 17.0 Å². The lowest BCUT2D eigenvalue weighted by atomic mass is 9.92. The number of pyridine rings is 1. The van der Waals surface area contributed by atoms with Gasteiger partial charge >= 0.3 is 0 Å². The maximum atomic E-state index is 14.1.